The lowest BCUT2D eigenvalue weighted by Crippen LogP contribution is -2.10. The van der Waals surface area contributed by atoms with E-state index in [1.54, 1.807) is 0 Å². The summed E-state index contributed by atoms with van der Waals surface area (Å²) in [6.07, 6.45) is 1.37. The summed E-state index contributed by atoms with van der Waals surface area (Å²) in [4.78, 5) is 0. The molecule has 0 fully saturated rings. The van der Waals surface area contributed by atoms with Crippen LogP contribution in [-0.4, -0.2) is 5.11 Å². The minimum Gasteiger partial charge on any atom is -0.505 e. The van der Waals surface area contributed by atoms with Crippen molar-refractivity contribution in [3.8, 4) is 5.75 Å². The Morgan fingerprint density at radius 2 is 2.07 bits per heavy atom. The van der Waals surface area contributed by atoms with Crippen molar-refractivity contribution in [2.24, 2.45) is 5.73 Å². The van der Waals surface area contributed by atoms with Crippen LogP contribution in [0.25, 0.3) is 0 Å². The number of phenolic OH excluding ortho intramolecular Hbond substituents is 1. The number of rotatable bonds is 3. The van der Waals surface area contributed by atoms with Crippen LogP contribution in [0.5, 0.6) is 5.75 Å². The van der Waals surface area contributed by atoms with Crippen LogP contribution in [0, 0.1) is 11.6 Å². The second-order valence-corrected chi connectivity index (χ2v) is 3.22. The molecule has 0 saturated heterocycles. The van der Waals surface area contributed by atoms with Gasteiger partial charge in [0.05, 0.1) is 0 Å². The lowest BCUT2D eigenvalue weighted by molar-refractivity contribution is 0.413. The smallest absolute Gasteiger partial charge is 0.168 e. The molecule has 0 heterocycles. The molecule has 0 aliphatic rings. The number of benzene rings is 1. The molecule has 0 amide bonds. The van der Waals surface area contributed by atoms with Crippen LogP contribution < -0.4 is 5.73 Å². The number of nitrogens with two attached hydrogens (primary N) is 1. The molecule has 0 aliphatic carbocycles. The first-order valence-electron chi connectivity index (χ1n) is 4.49. The van der Waals surface area contributed by atoms with E-state index in [-0.39, 0.29) is 5.56 Å². The van der Waals surface area contributed by atoms with E-state index >= 15 is 0 Å². The zero-order valence-electron chi connectivity index (χ0n) is 7.93. The summed E-state index contributed by atoms with van der Waals surface area (Å²) in [5.41, 5.74) is 5.78. The fourth-order valence-corrected chi connectivity index (χ4v) is 1.34. The summed E-state index contributed by atoms with van der Waals surface area (Å²) in [7, 11) is 0. The maximum atomic E-state index is 12.9. The standard InChI is InChI=1S/C10H13F2NO/c1-2-3-9(13)7-4-6(11)5-8(12)10(7)14/h4-5,9,14H,2-3,13H2,1H3/t9-/m1/s1. The molecular weight excluding hydrogens is 188 g/mol. The van der Waals surface area contributed by atoms with Crippen LogP contribution in [0.4, 0.5) is 8.78 Å². The van der Waals surface area contributed by atoms with E-state index in [2.05, 4.69) is 0 Å². The van der Waals surface area contributed by atoms with Crippen molar-refractivity contribution in [1.29, 1.82) is 0 Å². The maximum absolute atomic E-state index is 12.9. The Morgan fingerprint density at radius 1 is 1.43 bits per heavy atom. The summed E-state index contributed by atoms with van der Waals surface area (Å²) in [6.45, 7) is 1.91. The second-order valence-electron chi connectivity index (χ2n) is 3.22. The van der Waals surface area contributed by atoms with E-state index < -0.39 is 23.4 Å². The van der Waals surface area contributed by atoms with E-state index in [9.17, 15) is 13.9 Å². The molecular formula is C10H13F2NO. The fraction of sp³-hybridized carbons (Fsp3) is 0.400. The Morgan fingerprint density at radius 3 is 2.64 bits per heavy atom. The Bertz CT molecular complexity index is 328. The van der Waals surface area contributed by atoms with Crippen molar-refractivity contribution in [2.75, 3.05) is 0 Å². The number of hydrogen-bond acceptors (Lipinski definition) is 2. The van der Waals surface area contributed by atoms with E-state index in [4.69, 9.17) is 5.73 Å². The molecule has 0 spiro atoms. The SMILES string of the molecule is CCC[C@@H](N)c1cc(F)cc(F)c1O. The molecule has 1 aromatic rings. The van der Waals surface area contributed by atoms with Gasteiger partial charge in [-0.1, -0.05) is 13.3 Å². The van der Waals surface area contributed by atoms with Crippen molar-refractivity contribution < 1.29 is 13.9 Å². The van der Waals surface area contributed by atoms with Gasteiger partial charge in [-0.05, 0) is 12.5 Å². The maximum Gasteiger partial charge on any atom is 0.168 e. The first-order chi connectivity index (χ1) is 6.56. The van der Waals surface area contributed by atoms with Gasteiger partial charge in [0, 0.05) is 17.7 Å². The topological polar surface area (TPSA) is 46.2 Å². The molecule has 0 aromatic heterocycles. The van der Waals surface area contributed by atoms with E-state index in [1.165, 1.54) is 0 Å². The highest BCUT2D eigenvalue weighted by Gasteiger charge is 2.15. The monoisotopic (exact) mass is 201 g/mol. The normalized spacial score (nSPS) is 12.9. The quantitative estimate of drug-likeness (QED) is 0.789. The molecule has 1 atom stereocenters. The lowest BCUT2D eigenvalue weighted by Gasteiger charge is -2.12. The third kappa shape index (κ3) is 2.20. The predicted molar refractivity (Wildman–Crippen MR) is 49.9 cm³/mol. The minimum atomic E-state index is -0.966. The largest absolute Gasteiger partial charge is 0.505 e. The summed E-state index contributed by atoms with van der Waals surface area (Å²) in [5.74, 6) is -2.24. The molecule has 14 heavy (non-hydrogen) atoms. The Kier molecular flexibility index (Phi) is 3.41. The van der Waals surface area contributed by atoms with Gasteiger partial charge in [0.1, 0.15) is 5.82 Å². The van der Waals surface area contributed by atoms with Gasteiger partial charge in [0.25, 0.3) is 0 Å². The molecule has 0 bridgehead atoms. The van der Waals surface area contributed by atoms with Crippen molar-refractivity contribution in [1.82, 2.24) is 0 Å². The summed E-state index contributed by atoms with van der Waals surface area (Å²) < 4.78 is 25.7. The first-order valence-corrected chi connectivity index (χ1v) is 4.49. The molecule has 1 aromatic carbocycles. The summed E-state index contributed by atoms with van der Waals surface area (Å²) in [5, 5.41) is 9.30. The van der Waals surface area contributed by atoms with Gasteiger partial charge in [-0.3, -0.25) is 0 Å². The highest BCUT2D eigenvalue weighted by molar-refractivity contribution is 5.36. The molecule has 3 N–H and O–H groups in total. The molecule has 2 nitrogen and oxygen atoms in total. The number of halogens is 2. The van der Waals surface area contributed by atoms with Gasteiger partial charge >= 0.3 is 0 Å². The Labute approximate surface area is 81.4 Å². The van der Waals surface area contributed by atoms with Crippen LogP contribution in [-0.2, 0) is 0 Å². The van der Waals surface area contributed by atoms with Crippen molar-refractivity contribution in [3.05, 3.63) is 29.3 Å². The molecule has 78 valence electrons. The summed E-state index contributed by atoms with van der Waals surface area (Å²) in [6, 6.07) is 1.18. The third-order valence-corrected chi connectivity index (χ3v) is 2.06. The third-order valence-electron chi connectivity index (χ3n) is 2.06. The van der Waals surface area contributed by atoms with Crippen LogP contribution in [0.15, 0.2) is 12.1 Å². The number of hydrogen-bond donors (Lipinski definition) is 2. The predicted octanol–water partition coefficient (Wildman–Crippen LogP) is 2.47. The van der Waals surface area contributed by atoms with Crippen LogP contribution >= 0.6 is 0 Å². The second kappa shape index (κ2) is 4.37. The highest BCUT2D eigenvalue weighted by Crippen LogP contribution is 2.28. The molecule has 0 unspecified atom stereocenters. The van der Waals surface area contributed by atoms with Crippen LogP contribution in [0.1, 0.15) is 31.4 Å². The average molecular weight is 201 g/mol. The van der Waals surface area contributed by atoms with Crippen molar-refractivity contribution >= 4 is 0 Å². The van der Waals surface area contributed by atoms with Gasteiger partial charge in [-0.2, -0.15) is 0 Å². The van der Waals surface area contributed by atoms with Gasteiger partial charge in [0.15, 0.2) is 11.6 Å². The zero-order valence-corrected chi connectivity index (χ0v) is 7.93. The van der Waals surface area contributed by atoms with Crippen molar-refractivity contribution in [2.45, 2.75) is 25.8 Å². The van der Waals surface area contributed by atoms with Crippen LogP contribution in [0.3, 0.4) is 0 Å². The highest BCUT2D eigenvalue weighted by atomic mass is 19.1. The van der Waals surface area contributed by atoms with E-state index in [0.717, 1.165) is 12.5 Å². The lowest BCUT2D eigenvalue weighted by atomic mass is 10.0. The van der Waals surface area contributed by atoms with Gasteiger partial charge < -0.3 is 10.8 Å². The van der Waals surface area contributed by atoms with Gasteiger partial charge in [-0.25, -0.2) is 8.78 Å². The van der Waals surface area contributed by atoms with Gasteiger partial charge in [0.2, 0.25) is 0 Å². The number of aromatic hydroxyl groups is 1. The number of phenols is 1. The average Bonchev–Trinajstić information content (AvgIpc) is 2.11. The molecule has 1 rings (SSSR count). The van der Waals surface area contributed by atoms with Gasteiger partial charge in [-0.15, -0.1) is 0 Å². The summed E-state index contributed by atoms with van der Waals surface area (Å²) >= 11 is 0. The van der Waals surface area contributed by atoms with E-state index in [0.29, 0.717) is 12.5 Å². The Balaban J connectivity index is 3.07. The van der Waals surface area contributed by atoms with E-state index in [1.807, 2.05) is 6.92 Å². The molecule has 0 aliphatic heterocycles. The fourth-order valence-electron chi connectivity index (χ4n) is 1.34. The molecule has 0 saturated carbocycles. The first kappa shape index (κ1) is 10.9. The van der Waals surface area contributed by atoms with Crippen molar-refractivity contribution in [3.63, 3.8) is 0 Å². The molecule has 0 radical (unpaired) electrons. The Hall–Kier alpha value is -1.16. The zero-order chi connectivity index (χ0) is 10.7. The van der Waals surface area contributed by atoms with Crippen LogP contribution in [0.2, 0.25) is 0 Å². The molecule has 4 heteroatoms. The minimum absolute atomic E-state index is 0.129.